The Bertz CT molecular complexity index is 347. The summed E-state index contributed by atoms with van der Waals surface area (Å²) in [4.78, 5) is 0. The van der Waals surface area contributed by atoms with Crippen LogP contribution in [0, 0.1) is 12.3 Å². The number of rotatable bonds is 0. The molecule has 0 nitrogen and oxygen atoms in total. The minimum Gasteiger partial charge on any atom is -0.0617 e. The molecule has 0 heteroatoms. The summed E-state index contributed by atoms with van der Waals surface area (Å²) in [5.74, 6) is 0.701. The summed E-state index contributed by atoms with van der Waals surface area (Å²) in [5, 5.41) is 0. The van der Waals surface area contributed by atoms with Crippen molar-refractivity contribution in [3.63, 3.8) is 0 Å². The smallest absolute Gasteiger partial charge is 0.0134 e. The van der Waals surface area contributed by atoms with E-state index < -0.39 is 0 Å². The van der Waals surface area contributed by atoms with Gasteiger partial charge in [0.2, 0.25) is 0 Å². The molecule has 0 radical (unpaired) electrons. The predicted octanol–water partition coefficient (Wildman–Crippen LogP) is 4.07. The number of fused-ring (bicyclic) bond motifs is 1. The topological polar surface area (TPSA) is 0 Å². The molecular formula is C14H20. The van der Waals surface area contributed by atoms with Crippen molar-refractivity contribution in [1.29, 1.82) is 0 Å². The highest BCUT2D eigenvalue weighted by Gasteiger charge is 2.33. The van der Waals surface area contributed by atoms with Crippen LogP contribution in [0.5, 0.6) is 0 Å². The quantitative estimate of drug-likeness (QED) is 0.575. The van der Waals surface area contributed by atoms with Crippen LogP contribution < -0.4 is 0 Å². The van der Waals surface area contributed by atoms with E-state index in [4.69, 9.17) is 0 Å². The van der Waals surface area contributed by atoms with Gasteiger partial charge in [-0.3, -0.25) is 0 Å². The highest BCUT2D eigenvalue weighted by Crippen LogP contribution is 2.45. The van der Waals surface area contributed by atoms with Crippen LogP contribution >= 0.6 is 0 Å². The Hall–Kier alpha value is -0.780. The summed E-state index contributed by atoms with van der Waals surface area (Å²) in [5.41, 5.74) is 5.14. The molecule has 1 aliphatic rings. The number of aryl methyl sites for hydroxylation is 2. The fraction of sp³-hybridized carbons (Fsp3) is 0.571. The van der Waals surface area contributed by atoms with Crippen LogP contribution in [0.3, 0.4) is 0 Å². The van der Waals surface area contributed by atoms with E-state index in [0.717, 1.165) is 0 Å². The number of benzene rings is 1. The summed E-state index contributed by atoms with van der Waals surface area (Å²) in [6, 6.07) is 6.74. The first-order valence-electron chi connectivity index (χ1n) is 5.61. The third-order valence-corrected chi connectivity index (χ3v) is 4.06. The first-order chi connectivity index (χ1) is 6.52. The van der Waals surface area contributed by atoms with Gasteiger partial charge in [0.25, 0.3) is 0 Å². The fourth-order valence-electron chi connectivity index (χ4n) is 2.64. The van der Waals surface area contributed by atoms with E-state index in [1.54, 1.807) is 11.1 Å². The molecular weight excluding hydrogens is 168 g/mol. The molecule has 14 heavy (non-hydrogen) atoms. The van der Waals surface area contributed by atoms with Gasteiger partial charge in [0.05, 0.1) is 0 Å². The highest BCUT2D eigenvalue weighted by atomic mass is 14.4. The first kappa shape index (κ1) is 9.76. The lowest BCUT2D eigenvalue weighted by Crippen LogP contribution is -2.27. The zero-order valence-corrected chi connectivity index (χ0v) is 9.72. The second-order valence-corrected chi connectivity index (χ2v) is 5.36. The standard InChI is InChI=1S/C14H20/c1-10-6-5-7-12-8-9-14(3,4)11(2)13(10)12/h5-7,11H,8-9H2,1-4H3. The largest absolute Gasteiger partial charge is 0.0617 e. The van der Waals surface area contributed by atoms with Crippen molar-refractivity contribution in [2.24, 2.45) is 5.41 Å². The Morgan fingerprint density at radius 1 is 1.29 bits per heavy atom. The fourth-order valence-corrected chi connectivity index (χ4v) is 2.64. The van der Waals surface area contributed by atoms with Gasteiger partial charge < -0.3 is 0 Å². The molecule has 0 aliphatic heterocycles. The van der Waals surface area contributed by atoms with Crippen molar-refractivity contribution in [2.75, 3.05) is 0 Å². The van der Waals surface area contributed by atoms with E-state index in [1.807, 2.05) is 0 Å². The molecule has 1 atom stereocenters. The lowest BCUT2D eigenvalue weighted by Gasteiger charge is -2.39. The van der Waals surface area contributed by atoms with Crippen molar-refractivity contribution in [1.82, 2.24) is 0 Å². The molecule has 76 valence electrons. The summed E-state index contributed by atoms with van der Waals surface area (Å²) >= 11 is 0. The van der Waals surface area contributed by atoms with Crippen LogP contribution in [0.1, 0.15) is 49.8 Å². The highest BCUT2D eigenvalue weighted by molar-refractivity contribution is 5.40. The van der Waals surface area contributed by atoms with Gasteiger partial charge in [0.15, 0.2) is 0 Å². The van der Waals surface area contributed by atoms with E-state index in [9.17, 15) is 0 Å². The SMILES string of the molecule is Cc1cccc2c1C(C)C(C)(C)CC2. The maximum atomic E-state index is 2.40. The third kappa shape index (κ3) is 1.37. The van der Waals surface area contributed by atoms with Crippen LogP contribution in [0.15, 0.2) is 18.2 Å². The lowest BCUT2D eigenvalue weighted by molar-refractivity contribution is 0.258. The zero-order valence-electron chi connectivity index (χ0n) is 9.72. The molecule has 1 aromatic rings. The molecule has 0 fully saturated rings. The van der Waals surface area contributed by atoms with E-state index in [0.29, 0.717) is 11.3 Å². The molecule has 0 bridgehead atoms. The van der Waals surface area contributed by atoms with Crippen LogP contribution in [0.25, 0.3) is 0 Å². The minimum atomic E-state index is 0.471. The van der Waals surface area contributed by atoms with Gasteiger partial charge in [-0.25, -0.2) is 0 Å². The van der Waals surface area contributed by atoms with E-state index >= 15 is 0 Å². The van der Waals surface area contributed by atoms with E-state index in [2.05, 4.69) is 45.9 Å². The van der Waals surface area contributed by atoms with Crippen LogP contribution in [0.4, 0.5) is 0 Å². The Morgan fingerprint density at radius 3 is 2.71 bits per heavy atom. The molecule has 1 aliphatic carbocycles. The van der Waals surface area contributed by atoms with Crippen molar-refractivity contribution in [2.45, 2.75) is 46.5 Å². The Balaban J connectivity index is 2.54. The van der Waals surface area contributed by atoms with Crippen LogP contribution in [-0.4, -0.2) is 0 Å². The third-order valence-electron chi connectivity index (χ3n) is 4.06. The van der Waals surface area contributed by atoms with E-state index in [-0.39, 0.29) is 0 Å². The van der Waals surface area contributed by atoms with Gasteiger partial charge in [-0.1, -0.05) is 39.0 Å². The van der Waals surface area contributed by atoms with Gasteiger partial charge in [0, 0.05) is 0 Å². The molecule has 0 N–H and O–H groups in total. The molecule has 0 spiro atoms. The van der Waals surface area contributed by atoms with Crippen molar-refractivity contribution in [3.8, 4) is 0 Å². The lowest BCUT2D eigenvalue weighted by atomic mass is 9.66. The number of hydrogen-bond donors (Lipinski definition) is 0. The molecule has 0 saturated heterocycles. The normalized spacial score (nSPS) is 24.4. The average molecular weight is 188 g/mol. The summed E-state index contributed by atoms with van der Waals surface area (Å²) in [6.45, 7) is 9.42. The van der Waals surface area contributed by atoms with Gasteiger partial charge in [-0.2, -0.15) is 0 Å². The maximum Gasteiger partial charge on any atom is -0.0134 e. The second-order valence-electron chi connectivity index (χ2n) is 5.36. The molecule has 0 aromatic heterocycles. The number of hydrogen-bond acceptors (Lipinski definition) is 0. The molecule has 2 rings (SSSR count). The zero-order chi connectivity index (χ0) is 10.3. The summed E-state index contributed by atoms with van der Waals surface area (Å²) in [6.07, 6.45) is 2.58. The first-order valence-corrected chi connectivity index (χ1v) is 5.61. The monoisotopic (exact) mass is 188 g/mol. The van der Waals surface area contributed by atoms with Crippen molar-refractivity contribution >= 4 is 0 Å². The van der Waals surface area contributed by atoms with Crippen molar-refractivity contribution < 1.29 is 0 Å². The molecule has 1 aromatic carbocycles. The minimum absolute atomic E-state index is 0.471. The maximum absolute atomic E-state index is 2.40. The Morgan fingerprint density at radius 2 is 2.00 bits per heavy atom. The van der Waals surface area contributed by atoms with Gasteiger partial charge in [0.1, 0.15) is 0 Å². The van der Waals surface area contributed by atoms with Crippen LogP contribution in [-0.2, 0) is 6.42 Å². The van der Waals surface area contributed by atoms with Crippen LogP contribution in [0.2, 0.25) is 0 Å². The Kier molecular flexibility index (Phi) is 2.17. The van der Waals surface area contributed by atoms with Crippen molar-refractivity contribution in [3.05, 3.63) is 34.9 Å². The molecule has 0 saturated carbocycles. The van der Waals surface area contributed by atoms with Gasteiger partial charge >= 0.3 is 0 Å². The predicted molar refractivity (Wildman–Crippen MR) is 61.7 cm³/mol. The molecule has 1 unspecified atom stereocenters. The Labute approximate surface area is 87.3 Å². The molecule has 0 heterocycles. The average Bonchev–Trinajstić information content (AvgIpc) is 2.12. The summed E-state index contributed by atoms with van der Waals surface area (Å²) < 4.78 is 0. The molecule has 0 amide bonds. The summed E-state index contributed by atoms with van der Waals surface area (Å²) in [7, 11) is 0. The van der Waals surface area contributed by atoms with Gasteiger partial charge in [-0.15, -0.1) is 0 Å². The van der Waals surface area contributed by atoms with Gasteiger partial charge in [-0.05, 0) is 47.8 Å². The second kappa shape index (κ2) is 3.12. The van der Waals surface area contributed by atoms with E-state index in [1.165, 1.54) is 18.4 Å².